The number of phenolic OH excluding ortho intramolecular Hbond substituents is 4. The van der Waals surface area contributed by atoms with Crippen molar-refractivity contribution in [3.05, 3.63) is 65.3 Å². The predicted molar refractivity (Wildman–Crippen MR) is 92.4 cm³/mol. The van der Waals surface area contributed by atoms with Crippen molar-refractivity contribution in [1.82, 2.24) is 0 Å². The summed E-state index contributed by atoms with van der Waals surface area (Å²) in [5.74, 6) is -1.48. The van der Waals surface area contributed by atoms with Gasteiger partial charge in [0.05, 0.1) is 12.7 Å². The fourth-order valence-corrected chi connectivity index (χ4v) is 2.09. The molecule has 0 aliphatic carbocycles. The first-order chi connectivity index (χ1) is 11.9. The number of benzene rings is 2. The van der Waals surface area contributed by atoms with Crippen molar-refractivity contribution in [1.29, 1.82) is 0 Å². The Morgan fingerprint density at radius 2 is 1.60 bits per heavy atom. The molecule has 4 N–H and O–H groups in total. The Kier molecular flexibility index (Phi) is 5.68. The molecule has 25 heavy (non-hydrogen) atoms. The van der Waals surface area contributed by atoms with Crippen LogP contribution in [0, 0.1) is 0 Å². The highest BCUT2D eigenvalue weighted by molar-refractivity contribution is 5.92. The zero-order chi connectivity index (χ0) is 18.4. The van der Waals surface area contributed by atoms with Crippen LogP contribution in [0.3, 0.4) is 0 Å². The molecule has 0 atom stereocenters. The van der Waals surface area contributed by atoms with Crippen molar-refractivity contribution in [2.45, 2.75) is 6.42 Å². The standard InChI is InChI=1S/C19H18O6/c1-25-19(24)14(6-2-12-4-8-15(20)17(22)10-12)7-3-13-5-9-16(21)18(23)11-13/h2,4-11,20-23H,3H2,1H3. The number of allylic oxidation sites excluding steroid dienone is 1. The molecule has 6 nitrogen and oxygen atoms in total. The number of esters is 1. The molecule has 0 radical (unpaired) electrons. The topological polar surface area (TPSA) is 107 Å². The van der Waals surface area contributed by atoms with E-state index in [2.05, 4.69) is 0 Å². The highest BCUT2D eigenvalue weighted by Crippen LogP contribution is 2.26. The zero-order valence-electron chi connectivity index (χ0n) is 13.5. The summed E-state index contributed by atoms with van der Waals surface area (Å²) in [4.78, 5) is 11.9. The molecule has 0 saturated carbocycles. The Morgan fingerprint density at radius 3 is 2.20 bits per heavy atom. The van der Waals surface area contributed by atoms with E-state index in [1.54, 1.807) is 24.3 Å². The van der Waals surface area contributed by atoms with Crippen LogP contribution in [0.2, 0.25) is 0 Å². The monoisotopic (exact) mass is 342 g/mol. The molecule has 0 aromatic heterocycles. The lowest BCUT2D eigenvalue weighted by atomic mass is 10.1. The first kappa shape index (κ1) is 17.9. The third-order valence-corrected chi connectivity index (χ3v) is 3.47. The molecular weight excluding hydrogens is 324 g/mol. The number of hydrogen-bond donors (Lipinski definition) is 4. The Hall–Kier alpha value is -3.41. The summed E-state index contributed by atoms with van der Waals surface area (Å²) in [5.41, 5.74) is 1.57. The van der Waals surface area contributed by atoms with Crippen LogP contribution in [0.15, 0.2) is 54.1 Å². The van der Waals surface area contributed by atoms with Gasteiger partial charge in [0, 0.05) is 0 Å². The molecule has 0 heterocycles. The third kappa shape index (κ3) is 4.78. The molecule has 0 aliphatic rings. The molecule has 0 fully saturated rings. The molecule has 0 aliphatic heterocycles. The van der Waals surface area contributed by atoms with Gasteiger partial charge in [-0.1, -0.05) is 24.3 Å². The Morgan fingerprint density at radius 1 is 0.960 bits per heavy atom. The van der Waals surface area contributed by atoms with Crippen LogP contribution in [-0.4, -0.2) is 33.5 Å². The van der Waals surface area contributed by atoms with Gasteiger partial charge in [0.15, 0.2) is 23.0 Å². The van der Waals surface area contributed by atoms with Gasteiger partial charge in [-0.3, -0.25) is 0 Å². The van der Waals surface area contributed by atoms with Gasteiger partial charge in [0.1, 0.15) is 0 Å². The van der Waals surface area contributed by atoms with Crippen LogP contribution in [-0.2, 0) is 16.0 Å². The molecular formula is C19H18O6. The normalized spacial score (nSPS) is 11.6. The predicted octanol–water partition coefficient (Wildman–Crippen LogP) is 2.86. The molecule has 0 spiro atoms. The van der Waals surface area contributed by atoms with Crippen molar-refractivity contribution in [2.24, 2.45) is 0 Å². The van der Waals surface area contributed by atoms with Crippen molar-refractivity contribution in [3.63, 3.8) is 0 Å². The second-order valence-corrected chi connectivity index (χ2v) is 5.26. The van der Waals surface area contributed by atoms with E-state index >= 15 is 0 Å². The van der Waals surface area contributed by atoms with Crippen molar-refractivity contribution >= 4 is 12.0 Å². The maximum Gasteiger partial charge on any atom is 0.337 e. The van der Waals surface area contributed by atoms with Crippen LogP contribution in [0.5, 0.6) is 23.0 Å². The average molecular weight is 342 g/mol. The van der Waals surface area contributed by atoms with Gasteiger partial charge in [0.2, 0.25) is 0 Å². The minimum atomic E-state index is -0.540. The van der Waals surface area contributed by atoms with E-state index in [9.17, 15) is 25.2 Å². The molecule has 2 aromatic carbocycles. The first-order valence-corrected chi connectivity index (χ1v) is 7.40. The lowest BCUT2D eigenvalue weighted by Crippen LogP contribution is -2.03. The summed E-state index contributed by atoms with van der Waals surface area (Å²) in [5, 5.41) is 37.6. The molecule has 0 amide bonds. The number of carbonyl (C=O) groups is 1. The van der Waals surface area contributed by atoms with Crippen molar-refractivity contribution < 1.29 is 30.0 Å². The summed E-state index contributed by atoms with van der Waals surface area (Å²) >= 11 is 0. The van der Waals surface area contributed by atoms with E-state index in [-0.39, 0.29) is 28.6 Å². The SMILES string of the molecule is COC(=O)C(C=Cc1ccc(O)c(O)c1)=CCc1ccc(O)c(O)c1. The number of rotatable bonds is 5. The number of carbonyl (C=O) groups excluding carboxylic acids is 1. The number of hydrogen-bond acceptors (Lipinski definition) is 6. The fraction of sp³-hybridized carbons (Fsp3) is 0.105. The Bertz CT molecular complexity index is 836. The lowest BCUT2D eigenvalue weighted by Gasteiger charge is -2.03. The third-order valence-electron chi connectivity index (χ3n) is 3.47. The minimum Gasteiger partial charge on any atom is -0.504 e. The second-order valence-electron chi connectivity index (χ2n) is 5.26. The van der Waals surface area contributed by atoms with E-state index in [4.69, 9.17) is 4.74 Å². The van der Waals surface area contributed by atoms with Gasteiger partial charge < -0.3 is 25.2 Å². The number of aromatic hydroxyl groups is 4. The molecule has 0 bridgehead atoms. The molecule has 6 heteroatoms. The van der Waals surface area contributed by atoms with E-state index in [0.29, 0.717) is 17.5 Å². The summed E-state index contributed by atoms with van der Waals surface area (Å²) in [6, 6.07) is 8.68. The summed E-state index contributed by atoms with van der Waals surface area (Å²) in [6.07, 6.45) is 5.08. The van der Waals surface area contributed by atoms with Crippen molar-refractivity contribution in [3.8, 4) is 23.0 Å². The molecule has 130 valence electrons. The number of phenols is 4. The molecule has 2 rings (SSSR count). The zero-order valence-corrected chi connectivity index (χ0v) is 13.5. The smallest absolute Gasteiger partial charge is 0.337 e. The maximum atomic E-state index is 11.9. The Labute approximate surface area is 144 Å². The molecule has 2 aromatic rings. The summed E-state index contributed by atoms with van der Waals surface area (Å²) in [6.45, 7) is 0. The maximum absolute atomic E-state index is 11.9. The minimum absolute atomic E-state index is 0.215. The quantitative estimate of drug-likeness (QED) is 0.288. The summed E-state index contributed by atoms with van der Waals surface area (Å²) < 4.78 is 4.74. The van der Waals surface area contributed by atoms with Crippen LogP contribution < -0.4 is 0 Å². The highest BCUT2D eigenvalue weighted by Gasteiger charge is 2.07. The van der Waals surface area contributed by atoms with Crippen molar-refractivity contribution in [2.75, 3.05) is 7.11 Å². The van der Waals surface area contributed by atoms with Gasteiger partial charge in [-0.2, -0.15) is 0 Å². The number of methoxy groups -OCH3 is 1. The fourth-order valence-electron chi connectivity index (χ4n) is 2.09. The van der Waals surface area contributed by atoms with E-state index in [1.165, 1.54) is 37.5 Å². The van der Waals surface area contributed by atoms with Gasteiger partial charge in [0.25, 0.3) is 0 Å². The van der Waals surface area contributed by atoms with Crippen LogP contribution in [0.4, 0.5) is 0 Å². The van der Waals surface area contributed by atoms with E-state index in [0.717, 1.165) is 0 Å². The Balaban J connectivity index is 2.22. The average Bonchev–Trinajstić information content (AvgIpc) is 2.60. The highest BCUT2D eigenvalue weighted by atomic mass is 16.5. The van der Waals surface area contributed by atoms with E-state index in [1.807, 2.05) is 0 Å². The van der Waals surface area contributed by atoms with Crippen LogP contribution in [0.1, 0.15) is 11.1 Å². The van der Waals surface area contributed by atoms with Gasteiger partial charge in [-0.25, -0.2) is 4.79 Å². The van der Waals surface area contributed by atoms with Gasteiger partial charge in [-0.15, -0.1) is 0 Å². The van der Waals surface area contributed by atoms with E-state index < -0.39 is 5.97 Å². The second kappa shape index (κ2) is 7.92. The molecule has 0 saturated heterocycles. The van der Waals surface area contributed by atoms with Crippen LogP contribution >= 0.6 is 0 Å². The lowest BCUT2D eigenvalue weighted by molar-refractivity contribution is -0.135. The van der Waals surface area contributed by atoms with Crippen LogP contribution in [0.25, 0.3) is 6.08 Å². The largest absolute Gasteiger partial charge is 0.504 e. The van der Waals surface area contributed by atoms with Gasteiger partial charge >= 0.3 is 5.97 Å². The summed E-state index contributed by atoms with van der Waals surface area (Å²) in [7, 11) is 1.27. The number of ether oxygens (including phenoxy) is 1. The molecule has 0 unspecified atom stereocenters. The van der Waals surface area contributed by atoms with Gasteiger partial charge in [-0.05, 0) is 47.9 Å². The first-order valence-electron chi connectivity index (χ1n) is 7.40.